The maximum Gasteiger partial charge on any atom is 0.226 e. The van der Waals surface area contributed by atoms with Crippen LogP contribution < -0.4 is 19.5 Å². The topological polar surface area (TPSA) is 69.7 Å². The molecule has 7 heteroatoms. The van der Waals surface area contributed by atoms with Crippen LogP contribution in [0.5, 0.6) is 17.2 Å². The first-order chi connectivity index (χ1) is 14.2. The number of thiazole rings is 1. The third-order valence-electron chi connectivity index (χ3n) is 4.43. The van der Waals surface area contributed by atoms with Crippen LogP contribution in [0, 0.1) is 0 Å². The first-order valence-electron chi connectivity index (χ1n) is 9.54. The molecule has 0 unspecified atom stereocenters. The minimum Gasteiger partial charge on any atom is -0.494 e. The van der Waals surface area contributed by atoms with Gasteiger partial charge in [0, 0.05) is 23.1 Å². The summed E-state index contributed by atoms with van der Waals surface area (Å²) in [4.78, 5) is 17.0. The Morgan fingerprint density at radius 2 is 2.00 bits per heavy atom. The quantitative estimate of drug-likeness (QED) is 0.641. The molecule has 1 aliphatic heterocycles. The highest BCUT2D eigenvalue weighted by molar-refractivity contribution is 7.13. The zero-order chi connectivity index (χ0) is 20.1. The molecule has 150 valence electrons. The van der Waals surface area contributed by atoms with Crippen LogP contribution in [-0.2, 0) is 17.8 Å². The Morgan fingerprint density at radius 3 is 2.83 bits per heavy atom. The van der Waals surface area contributed by atoms with E-state index in [1.165, 1.54) is 11.3 Å². The van der Waals surface area contributed by atoms with E-state index in [4.69, 9.17) is 14.2 Å². The van der Waals surface area contributed by atoms with Crippen LogP contribution in [0.4, 0.5) is 0 Å². The molecule has 1 aromatic heterocycles. The van der Waals surface area contributed by atoms with E-state index in [0.717, 1.165) is 33.3 Å². The van der Waals surface area contributed by atoms with Crippen molar-refractivity contribution in [1.82, 2.24) is 10.3 Å². The highest BCUT2D eigenvalue weighted by atomic mass is 32.1. The molecule has 0 spiro atoms. The van der Waals surface area contributed by atoms with E-state index in [-0.39, 0.29) is 12.3 Å². The van der Waals surface area contributed by atoms with Crippen LogP contribution in [0.25, 0.3) is 10.6 Å². The number of benzene rings is 2. The first kappa shape index (κ1) is 19.3. The highest BCUT2D eigenvalue weighted by Gasteiger charge is 2.16. The van der Waals surface area contributed by atoms with Gasteiger partial charge in [-0.05, 0) is 37.3 Å². The van der Waals surface area contributed by atoms with E-state index in [1.54, 1.807) is 0 Å². The molecule has 29 heavy (non-hydrogen) atoms. The molecule has 0 aliphatic carbocycles. The average Bonchev–Trinajstić information content (AvgIpc) is 3.21. The highest BCUT2D eigenvalue weighted by Crippen LogP contribution is 2.33. The van der Waals surface area contributed by atoms with Crippen molar-refractivity contribution in [3.05, 3.63) is 59.1 Å². The summed E-state index contributed by atoms with van der Waals surface area (Å²) < 4.78 is 16.7. The number of rotatable bonds is 7. The second-order valence-corrected chi connectivity index (χ2v) is 7.35. The van der Waals surface area contributed by atoms with Crippen LogP contribution in [0.2, 0.25) is 0 Å². The summed E-state index contributed by atoms with van der Waals surface area (Å²) in [5, 5.41) is 5.75. The van der Waals surface area contributed by atoms with E-state index in [9.17, 15) is 4.79 Å². The number of carbonyl (C=O) groups excluding carboxylic acids is 1. The zero-order valence-corrected chi connectivity index (χ0v) is 17.0. The van der Waals surface area contributed by atoms with Crippen molar-refractivity contribution in [2.24, 2.45) is 0 Å². The lowest BCUT2D eigenvalue weighted by Crippen LogP contribution is -2.25. The van der Waals surface area contributed by atoms with E-state index >= 15 is 0 Å². The van der Waals surface area contributed by atoms with Gasteiger partial charge >= 0.3 is 0 Å². The lowest BCUT2D eigenvalue weighted by atomic mass is 10.1. The molecule has 1 N–H and O–H groups in total. The van der Waals surface area contributed by atoms with Crippen molar-refractivity contribution in [2.75, 3.05) is 19.8 Å². The molecule has 1 aliphatic rings. The molecule has 0 radical (unpaired) electrons. The predicted molar refractivity (Wildman–Crippen MR) is 112 cm³/mol. The van der Waals surface area contributed by atoms with Crippen LogP contribution in [0.15, 0.2) is 47.8 Å². The van der Waals surface area contributed by atoms with Gasteiger partial charge in [0.05, 0.1) is 18.7 Å². The Hall–Kier alpha value is -3.06. The Morgan fingerprint density at radius 1 is 1.17 bits per heavy atom. The van der Waals surface area contributed by atoms with Crippen LogP contribution in [0.1, 0.15) is 18.2 Å². The summed E-state index contributed by atoms with van der Waals surface area (Å²) in [6.45, 7) is 4.05. The van der Waals surface area contributed by atoms with E-state index in [2.05, 4.69) is 10.3 Å². The number of para-hydroxylation sites is 1. The molecule has 2 heterocycles. The fourth-order valence-corrected chi connectivity index (χ4v) is 3.90. The molecule has 2 aromatic carbocycles. The van der Waals surface area contributed by atoms with Gasteiger partial charge in [0.15, 0.2) is 11.5 Å². The molecule has 4 rings (SSSR count). The zero-order valence-electron chi connectivity index (χ0n) is 16.1. The predicted octanol–water partition coefficient (Wildman–Crippen LogP) is 3.84. The normalized spacial score (nSPS) is 12.4. The number of nitrogens with one attached hydrogen (secondary N) is 1. The molecular weight excluding hydrogens is 388 g/mol. The van der Waals surface area contributed by atoms with Crippen LogP contribution >= 0.6 is 11.3 Å². The number of aromatic nitrogens is 1. The molecule has 6 nitrogen and oxygen atoms in total. The molecule has 0 atom stereocenters. The molecule has 0 saturated carbocycles. The summed E-state index contributed by atoms with van der Waals surface area (Å²) in [5.41, 5.74) is 2.67. The Bertz CT molecular complexity index is 985. The second-order valence-electron chi connectivity index (χ2n) is 6.50. The van der Waals surface area contributed by atoms with E-state index in [0.29, 0.717) is 32.1 Å². The second kappa shape index (κ2) is 8.96. The molecule has 0 bridgehead atoms. The first-order valence-corrected chi connectivity index (χ1v) is 10.4. The maximum absolute atomic E-state index is 12.4. The number of hydrogen-bond acceptors (Lipinski definition) is 6. The van der Waals surface area contributed by atoms with Gasteiger partial charge in [0.2, 0.25) is 5.91 Å². The van der Waals surface area contributed by atoms with Crippen molar-refractivity contribution >= 4 is 17.2 Å². The summed E-state index contributed by atoms with van der Waals surface area (Å²) in [6, 6.07) is 13.5. The maximum atomic E-state index is 12.4. The standard InChI is InChI=1S/C22H22N2O4S/c1-2-26-18-8-6-15(7-9-18)22-24-17(14-29-22)12-20(25)23-13-16-4-3-5-19-21(16)28-11-10-27-19/h3-9,14H,2,10-13H2,1H3,(H,23,25). The van der Waals surface area contributed by atoms with Gasteiger partial charge in [-0.3, -0.25) is 4.79 Å². The smallest absolute Gasteiger partial charge is 0.226 e. The third-order valence-corrected chi connectivity index (χ3v) is 5.37. The number of amides is 1. The Labute approximate surface area is 173 Å². The van der Waals surface area contributed by atoms with Gasteiger partial charge in [-0.2, -0.15) is 0 Å². The van der Waals surface area contributed by atoms with Gasteiger partial charge < -0.3 is 19.5 Å². The lowest BCUT2D eigenvalue weighted by Gasteiger charge is -2.21. The van der Waals surface area contributed by atoms with E-state index in [1.807, 2.05) is 54.8 Å². The van der Waals surface area contributed by atoms with Crippen molar-refractivity contribution in [3.63, 3.8) is 0 Å². The number of ether oxygens (including phenoxy) is 3. The number of fused-ring (bicyclic) bond motifs is 1. The number of hydrogen-bond donors (Lipinski definition) is 1. The Kier molecular flexibility index (Phi) is 5.95. The number of carbonyl (C=O) groups is 1. The fraction of sp³-hybridized carbons (Fsp3) is 0.273. The largest absolute Gasteiger partial charge is 0.494 e. The van der Waals surface area contributed by atoms with E-state index < -0.39 is 0 Å². The number of nitrogens with zero attached hydrogens (tertiary/aromatic N) is 1. The average molecular weight is 410 g/mol. The summed E-state index contributed by atoms with van der Waals surface area (Å²) in [6.07, 6.45) is 0.236. The van der Waals surface area contributed by atoms with Crippen LogP contribution in [-0.4, -0.2) is 30.7 Å². The monoisotopic (exact) mass is 410 g/mol. The minimum absolute atomic E-state index is 0.0807. The van der Waals surface area contributed by atoms with Gasteiger partial charge in [0.25, 0.3) is 0 Å². The minimum atomic E-state index is -0.0807. The van der Waals surface area contributed by atoms with Crippen molar-refractivity contribution in [2.45, 2.75) is 19.9 Å². The Balaban J connectivity index is 1.35. The van der Waals surface area contributed by atoms with Crippen molar-refractivity contribution in [3.8, 4) is 27.8 Å². The summed E-state index contributed by atoms with van der Waals surface area (Å²) >= 11 is 1.53. The molecule has 0 fully saturated rings. The summed E-state index contributed by atoms with van der Waals surface area (Å²) in [7, 11) is 0. The van der Waals surface area contributed by atoms with Gasteiger partial charge in [-0.1, -0.05) is 12.1 Å². The van der Waals surface area contributed by atoms with Gasteiger partial charge in [-0.15, -0.1) is 11.3 Å². The van der Waals surface area contributed by atoms with Gasteiger partial charge in [0.1, 0.15) is 24.0 Å². The third kappa shape index (κ3) is 4.68. The van der Waals surface area contributed by atoms with Crippen molar-refractivity contribution < 1.29 is 19.0 Å². The fourth-order valence-electron chi connectivity index (χ4n) is 3.08. The SMILES string of the molecule is CCOc1ccc(-c2nc(CC(=O)NCc3cccc4c3OCCO4)cs2)cc1. The van der Waals surface area contributed by atoms with Crippen LogP contribution in [0.3, 0.4) is 0 Å². The lowest BCUT2D eigenvalue weighted by molar-refractivity contribution is -0.120. The molecule has 3 aromatic rings. The summed E-state index contributed by atoms with van der Waals surface area (Å²) in [5.74, 6) is 2.20. The van der Waals surface area contributed by atoms with Crippen molar-refractivity contribution in [1.29, 1.82) is 0 Å². The van der Waals surface area contributed by atoms with Gasteiger partial charge in [-0.25, -0.2) is 4.98 Å². The molecule has 0 saturated heterocycles. The molecule has 1 amide bonds. The molecular formula is C22H22N2O4S.